The molecule has 0 saturated carbocycles. The van der Waals surface area contributed by atoms with E-state index in [1.54, 1.807) is 18.4 Å². The Morgan fingerprint density at radius 3 is 2.84 bits per heavy atom. The Labute approximate surface area is 127 Å². The van der Waals surface area contributed by atoms with Gasteiger partial charge in [-0.2, -0.15) is 11.3 Å². The molecule has 19 heavy (non-hydrogen) atoms. The van der Waals surface area contributed by atoms with E-state index in [1.807, 2.05) is 29.0 Å². The Morgan fingerprint density at radius 1 is 1.32 bits per heavy atom. The summed E-state index contributed by atoms with van der Waals surface area (Å²) in [6.07, 6.45) is 0. The molecule has 3 rings (SSSR count). The molecular formula is C13H8BrClN2OS. The normalized spacial score (nSPS) is 10.9. The highest BCUT2D eigenvalue weighted by Gasteiger charge is 2.12. The number of benzene rings is 1. The number of hydrogen-bond acceptors (Lipinski definition) is 4. The van der Waals surface area contributed by atoms with E-state index in [2.05, 4.69) is 25.9 Å². The Bertz CT molecular complexity index is 746. The summed E-state index contributed by atoms with van der Waals surface area (Å²) in [6.45, 7) is 0. The van der Waals surface area contributed by atoms with Gasteiger partial charge >= 0.3 is 0 Å². The second-order valence-corrected chi connectivity index (χ2v) is 5.85. The minimum absolute atomic E-state index is 0.431. The third-order valence-electron chi connectivity index (χ3n) is 2.69. The van der Waals surface area contributed by atoms with Crippen molar-refractivity contribution in [2.45, 2.75) is 0 Å². The van der Waals surface area contributed by atoms with E-state index in [9.17, 15) is 0 Å². The number of nitrogens with zero attached hydrogens (tertiary/aromatic N) is 2. The Kier molecular flexibility index (Phi) is 3.43. The van der Waals surface area contributed by atoms with E-state index in [0.717, 1.165) is 26.7 Å². The Hall–Kier alpha value is -1.17. The van der Waals surface area contributed by atoms with Crippen LogP contribution in [0.2, 0.25) is 5.15 Å². The zero-order chi connectivity index (χ0) is 13.4. The first-order valence-corrected chi connectivity index (χ1v) is 7.54. The van der Waals surface area contributed by atoms with E-state index < -0.39 is 0 Å². The van der Waals surface area contributed by atoms with Crippen molar-refractivity contribution in [1.82, 2.24) is 9.97 Å². The van der Waals surface area contributed by atoms with E-state index >= 15 is 0 Å². The second-order valence-electron chi connectivity index (χ2n) is 3.85. The first kappa shape index (κ1) is 12.8. The number of aromatic nitrogens is 2. The van der Waals surface area contributed by atoms with Crippen LogP contribution in [-0.4, -0.2) is 17.1 Å². The van der Waals surface area contributed by atoms with Crippen molar-refractivity contribution in [3.05, 3.63) is 38.6 Å². The summed E-state index contributed by atoms with van der Waals surface area (Å²) in [7, 11) is 1.62. The molecular weight excluding hydrogens is 348 g/mol. The van der Waals surface area contributed by atoms with Crippen LogP contribution in [0.5, 0.6) is 5.75 Å². The summed E-state index contributed by atoms with van der Waals surface area (Å²) in [5, 5.41) is 5.20. The van der Waals surface area contributed by atoms with Gasteiger partial charge < -0.3 is 4.74 Å². The second kappa shape index (κ2) is 5.07. The summed E-state index contributed by atoms with van der Waals surface area (Å²) in [6, 6.07) is 5.67. The third-order valence-corrected chi connectivity index (χ3v) is 4.28. The van der Waals surface area contributed by atoms with Crippen molar-refractivity contribution >= 4 is 49.8 Å². The van der Waals surface area contributed by atoms with Gasteiger partial charge in [-0.15, -0.1) is 0 Å². The van der Waals surface area contributed by atoms with E-state index in [1.165, 1.54) is 0 Å². The van der Waals surface area contributed by atoms with Crippen LogP contribution in [-0.2, 0) is 0 Å². The van der Waals surface area contributed by atoms with Crippen LogP contribution in [0.15, 0.2) is 33.4 Å². The molecule has 0 aliphatic rings. The average Bonchev–Trinajstić information content (AvgIpc) is 2.91. The molecule has 96 valence electrons. The van der Waals surface area contributed by atoms with Crippen LogP contribution >= 0.6 is 38.9 Å². The van der Waals surface area contributed by atoms with Gasteiger partial charge in [0, 0.05) is 21.5 Å². The molecule has 2 heterocycles. The topological polar surface area (TPSA) is 35.0 Å². The van der Waals surface area contributed by atoms with Crippen LogP contribution in [0, 0.1) is 0 Å². The number of fused-ring (bicyclic) bond motifs is 1. The van der Waals surface area contributed by atoms with Gasteiger partial charge in [-0.1, -0.05) is 11.6 Å². The lowest BCUT2D eigenvalue weighted by molar-refractivity contribution is 0.415. The van der Waals surface area contributed by atoms with Crippen LogP contribution < -0.4 is 4.74 Å². The Morgan fingerprint density at radius 2 is 2.16 bits per heavy atom. The fraction of sp³-hybridized carbons (Fsp3) is 0.0769. The van der Waals surface area contributed by atoms with E-state index in [4.69, 9.17) is 16.3 Å². The van der Waals surface area contributed by atoms with Gasteiger partial charge in [0.2, 0.25) is 0 Å². The van der Waals surface area contributed by atoms with Crippen molar-refractivity contribution in [2.24, 2.45) is 0 Å². The van der Waals surface area contributed by atoms with Crippen molar-refractivity contribution in [3.8, 4) is 17.1 Å². The zero-order valence-corrected chi connectivity index (χ0v) is 13.0. The summed E-state index contributed by atoms with van der Waals surface area (Å²) in [4.78, 5) is 8.90. The predicted molar refractivity (Wildman–Crippen MR) is 82.1 cm³/mol. The zero-order valence-electron chi connectivity index (χ0n) is 9.85. The summed E-state index contributed by atoms with van der Waals surface area (Å²) in [5.41, 5.74) is 1.72. The molecule has 0 aliphatic heterocycles. The molecule has 0 fully saturated rings. The number of thiophene rings is 1. The van der Waals surface area contributed by atoms with Crippen LogP contribution in [0.25, 0.3) is 22.3 Å². The van der Waals surface area contributed by atoms with Gasteiger partial charge in [-0.3, -0.25) is 0 Å². The molecule has 0 saturated heterocycles. The van der Waals surface area contributed by atoms with Gasteiger partial charge in [-0.25, -0.2) is 9.97 Å². The molecule has 3 nitrogen and oxygen atoms in total. The monoisotopic (exact) mass is 354 g/mol. The highest BCUT2D eigenvalue weighted by atomic mass is 79.9. The standard InChI is InChI=1S/C13H8BrClN2OS/c1-18-8-4-9(14)11-10(5-8)16-13(17-12(11)15)7-2-3-19-6-7/h2-6H,1H3. The number of methoxy groups -OCH3 is 1. The molecule has 0 unspecified atom stereocenters. The first-order valence-electron chi connectivity index (χ1n) is 5.42. The number of hydrogen-bond donors (Lipinski definition) is 0. The van der Waals surface area contributed by atoms with Gasteiger partial charge in [0.25, 0.3) is 0 Å². The lowest BCUT2D eigenvalue weighted by atomic mass is 10.2. The molecule has 1 aromatic carbocycles. The maximum atomic E-state index is 6.26. The van der Waals surface area contributed by atoms with Crippen molar-refractivity contribution in [1.29, 1.82) is 0 Å². The lowest BCUT2D eigenvalue weighted by Crippen LogP contribution is -1.93. The Balaban J connectivity index is 2.30. The predicted octanol–water partition coefficient (Wildman–Crippen LogP) is 4.78. The minimum Gasteiger partial charge on any atom is -0.497 e. The minimum atomic E-state index is 0.431. The summed E-state index contributed by atoms with van der Waals surface area (Å²) < 4.78 is 6.07. The molecule has 0 spiro atoms. The molecule has 2 aromatic heterocycles. The van der Waals surface area contributed by atoms with Gasteiger partial charge in [0.1, 0.15) is 10.9 Å². The molecule has 0 aliphatic carbocycles. The molecule has 0 bridgehead atoms. The van der Waals surface area contributed by atoms with E-state index in [-0.39, 0.29) is 0 Å². The smallest absolute Gasteiger partial charge is 0.162 e. The van der Waals surface area contributed by atoms with Crippen LogP contribution in [0.1, 0.15) is 0 Å². The largest absolute Gasteiger partial charge is 0.497 e. The van der Waals surface area contributed by atoms with Crippen molar-refractivity contribution < 1.29 is 4.74 Å². The maximum Gasteiger partial charge on any atom is 0.162 e. The highest BCUT2D eigenvalue weighted by Crippen LogP contribution is 2.34. The first-order chi connectivity index (χ1) is 9.19. The van der Waals surface area contributed by atoms with Crippen molar-refractivity contribution in [3.63, 3.8) is 0 Å². The lowest BCUT2D eigenvalue weighted by Gasteiger charge is -2.07. The molecule has 0 radical (unpaired) electrons. The molecule has 0 amide bonds. The average molecular weight is 356 g/mol. The quantitative estimate of drug-likeness (QED) is 0.620. The summed E-state index contributed by atoms with van der Waals surface area (Å²) in [5.74, 6) is 1.35. The molecule has 3 aromatic rings. The molecule has 0 atom stereocenters. The highest BCUT2D eigenvalue weighted by molar-refractivity contribution is 9.10. The van der Waals surface area contributed by atoms with Crippen LogP contribution in [0.4, 0.5) is 0 Å². The summed E-state index contributed by atoms with van der Waals surface area (Å²) >= 11 is 11.3. The van der Waals surface area contributed by atoms with Crippen LogP contribution in [0.3, 0.4) is 0 Å². The fourth-order valence-corrected chi connectivity index (χ4v) is 3.43. The maximum absolute atomic E-state index is 6.26. The fourth-order valence-electron chi connectivity index (χ4n) is 1.79. The van der Waals surface area contributed by atoms with Gasteiger partial charge in [-0.05, 0) is 33.4 Å². The SMILES string of the molecule is COc1cc(Br)c2c(Cl)nc(-c3ccsc3)nc2c1. The number of rotatable bonds is 2. The number of halogens is 2. The molecule has 6 heteroatoms. The van der Waals surface area contributed by atoms with Crippen molar-refractivity contribution in [2.75, 3.05) is 7.11 Å². The van der Waals surface area contributed by atoms with Gasteiger partial charge in [0.15, 0.2) is 5.82 Å². The van der Waals surface area contributed by atoms with E-state index in [0.29, 0.717) is 11.0 Å². The molecule has 0 N–H and O–H groups in total. The number of ether oxygens (including phenoxy) is 1. The third kappa shape index (κ3) is 2.33. The van der Waals surface area contributed by atoms with Gasteiger partial charge in [0.05, 0.1) is 18.0 Å².